The van der Waals surface area contributed by atoms with Crippen LogP contribution in [0.2, 0.25) is 0 Å². The van der Waals surface area contributed by atoms with Crippen molar-refractivity contribution in [1.82, 2.24) is 5.32 Å². The Bertz CT molecular complexity index is 194. The minimum atomic E-state index is 0.0632. The SMILES string of the molecule is N=C(N)CC(=N)NC1CCCCC1. The van der Waals surface area contributed by atoms with E-state index in [9.17, 15) is 0 Å². The Morgan fingerprint density at radius 2 is 1.85 bits per heavy atom. The lowest BCUT2D eigenvalue weighted by Gasteiger charge is -2.23. The molecule has 74 valence electrons. The second-order valence-electron chi connectivity index (χ2n) is 3.66. The fourth-order valence-electron chi connectivity index (χ4n) is 1.73. The van der Waals surface area contributed by atoms with Crippen molar-refractivity contribution in [3.8, 4) is 0 Å². The van der Waals surface area contributed by atoms with E-state index in [-0.39, 0.29) is 12.3 Å². The van der Waals surface area contributed by atoms with E-state index in [0.29, 0.717) is 11.9 Å². The van der Waals surface area contributed by atoms with E-state index in [2.05, 4.69) is 5.32 Å². The molecule has 4 heteroatoms. The zero-order chi connectivity index (χ0) is 9.68. The number of hydrogen-bond donors (Lipinski definition) is 4. The van der Waals surface area contributed by atoms with Gasteiger partial charge in [-0.25, -0.2) is 0 Å². The van der Waals surface area contributed by atoms with Gasteiger partial charge in [-0.2, -0.15) is 0 Å². The second kappa shape index (κ2) is 4.84. The van der Waals surface area contributed by atoms with Crippen molar-refractivity contribution in [2.45, 2.75) is 44.6 Å². The van der Waals surface area contributed by atoms with Crippen molar-refractivity contribution in [2.75, 3.05) is 0 Å². The minimum absolute atomic E-state index is 0.0632. The molecule has 5 N–H and O–H groups in total. The molecule has 0 atom stereocenters. The van der Waals surface area contributed by atoms with E-state index in [1.165, 1.54) is 19.3 Å². The molecule has 0 radical (unpaired) electrons. The number of nitrogens with two attached hydrogens (primary N) is 1. The number of amidine groups is 2. The van der Waals surface area contributed by atoms with Crippen LogP contribution in [0.4, 0.5) is 0 Å². The van der Waals surface area contributed by atoms with Crippen LogP contribution in [0.1, 0.15) is 38.5 Å². The zero-order valence-electron chi connectivity index (χ0n) is 7.90. The summed E-state index contributed by atoms with van der Waals surface area (Å²) in [5.41, 5.74) is 5.20. The summed E-state index contributed by atoms with van der Waals surface area (Å²) in [4.78, 5) is 0. The van der Waals surface area contributed by atoms with Gasteiger partial charge in [0.05, 0.1) is 12.3 Å². The monoisotopic (exact) mass is 182 g/mol. The molecule has 0 spiro atoms. The van der Waals surface area contributed by atoms with Crippen molar-refractivity contribution in [3.05, 3.63) is 0 Å². The van der Waals surface area contributed by atoms with Crippen molar-refractivity contribution in [2.24, 2.45) is 5.73 Å². The number of rotatable bonds is 3. The van der Waals surface area contributed by atoms with Crippen LogP contribution >= 0.6 is 0 Å². The molecule has 0 bridgehead atoms. The Labute approximate surface area is 78.9 Å². The molecule has 1 rings (SSSR count). The molecule has 0 aromatic rings. The van der Waals surface area contributed by atoms with Crippen LogP contribution in [0, 0.1) is 10.8 Å². The van der Waals surface area contributed by atoms with Crippen LogP contribution < -0.4 is 11.1 Å². The molecule has 0 unspecified atom stereocenters. The van der Waals surface area contributed by atoms with Crippen molar-refractivity contribution in [3.63, 3.8) is 0 Å². The summed E-state index contributed by atoms with van der Waals surface area (Å²) in [6, 6.07) is 0.445. The highest BCUT2D eigenvalue weighted by Gasteiger charge is 2.13. The first-order valence-corrected chi connectivity index (χ1v) is 4.85. The highest BCUT2D eigenvalue weighted by atomic mass is 15.0. The largest absolute Gasteiger partial charge is 0.387 e. The van der Waals surface area contributed by atoms with Gasteiger partial charge in [0.2, 0.25) is 0 Å². The molecule has 0 saturated heterocycles. The lowest BCUT2D eigenvalue weighted by molar-refractivity contribution is 0.412. The van der Waals surface area contributed by atoms with Crippen molar-refractivity contribution in [1.29, 1.82) is 10.8 Å². The van der Waals surface area contributed by atoms with Gasteiger partial charge >= 0.3 is 0 Å². The standard InChI is InChI=1S/C9H18N4/c10-8(11)6-9(12)13-7-4-2-1-3-5-7/h7H,1-6H2,(H3,10,11)(H2,12,13). The summed E-state index contributed by atoms with van der Waals surface area (Å²) in [6.07, 6.45) is 6.39. The van der Waals surface area contributed by atoms with Crippen LogP contribution in [-0.4, -0.2) is 17.7 Å². The molecule has 0 heterocycles. The van der Waals surface area contributed by atoms with Gasteiger partial charge in [0.15, 0.2) is 0 Å². The average Bonchev–Trinajstić information content (AvgIpc) is 2.04. The van der Waals surface area contributed by atoms with E-state index in [0.717, 1.165) is 12.8 Å². The van der Waals surface area contributed by atoms with Crippen molar-refractivity contribution >= 4 is 11.7 Å². The Morgan fingerprint density at radius 1 is 1.23 bits per heavy atom. The smallest absolute Gasteiger partial charge is 0.101 e. The molecule has 4 nitrogen and oxygen atoms in total. The lowest BCUT2D eigenvalue weighted by atomic mass is 9.95. The van der Waals surface area contributed by atoms with E-state index < -0.39 is 0 Å². The molecule has 1 saturated carbocycles. The fraction of sp³-hybridized carbons (Fsp3) is 0.778. The van der Waals surface area contributed by atoms with Crippen molar-refractivity contribution < 1.29 is 0 Å². The molecule has 13 heavy (non-hydrogen) atoms. The Hall–Kier alpha value is -1.06. The summed E-state index contributed by atoms with van der Waals surface area (Å²) < 4.78 is 0. The maximum Gasteiger partial charge on any atom is 0.101 e. The van der Waals surface area contributed by atoms with Gasteiger partial charge in [0, 0.05) is 6.04 Å². The summed E-state index contributed by atoms with van der Waals surface area (Å²) in [5, 5.41) is 17.7. The van der Waals surface area contributed by atoms with Crippen LogP contribution in [0.15, 0.2) is 0 Å². The second-order valence-corrected chi connectivity index (χ2v) is 3.66. The maximum atomic E-state index is 7.52. The van der Waals surface area contributed by atoms with Gasteiger partial charge in [0.25, 0.3) is 0 Å². The van der Waals surface area contributed by atoms with Gasteiger partial charge in [-0.3, -0.25) is 10.8 Å². The molecule has 0 aliphatic heterocycles. The third-order valence-corrected chi connectivity index (χ3v) is 2.35. The third kappa shape index (κ3) is 3.92. The quantitative estimate of drug-likeness (QED) is 0.390. The predicted octanol–water partition coefficient (Wildman–Crippen LogP) is 1.21. The van der Waals surface area contributed by atoms with Crippen LogP contribution in [0.3, 0.4) is 0 Å². The first-order chi connectivity index (χ1) is 6.18. The predicted molar refractivity (Wildman–Crippen MR) is 54.3 cm³/mol. The van der Waals surface area contributed by atoms with Gasteiger partial charge in [-0.05, 0) is 12.8 Å². The Balaban J connectivity index is 2.22. The zero-order valence-corrected chi connectivity index (χ0v) is 7.90. The highest BCUT2D eigenvalue weighted by molar-refractivity contribution is 5.98. The molecular formula is C9H18N4. The number of hydrogen-bond acceptors (Lipinski definition) is 2. The molecule has 1 aliphatic rings. The van der Waals surface area contributed by atoms with E-state index in [1.807, 2.05) is 0 Å². The topological polar surface area (TPSA) is 85.8 Å². The van der Waals surface area contributed by atoms with Gasteiger partial charge in [-0.1, -0.05) is 19.3 Å². The van der Waals surface area contributed by atoms with E-state index >= 15 is 0 Å². The maximum absolute atomic E-state index is 7.52. The molecule has 1 aliphatic carbocycles. The summed E-state index contributed by atoms with van der Waals surface area (Å²) in [6.45, 7) is 0. The van der Waals surface area contributed by atoms with Gasteiger partial charge < -0.3 is 11.1 Å². The Morgan fingerprint density at radius 3 is 2.38 bits per heavy atom. The lowest BCUT2D eigenvalue weighted by Crippen LogP contribution is -2.37. The van der Waals surface area contributed by atoms with Crippen LogP contribution in [0.25, 0.3) is 0 Å². The molecular weight excluding hydrogens is 164 g/mol. The van der Waals surface area contributed by atoms with Crippen LogP contribution in [-0.2, 0) is 0 Å². The minimum Gasteiger partial charge on any atom is -0.387 e. The summed E-state index contributed by atoms with van der Waals surface area (Å²) >= 11 is 0. The fourth-order valence-corrected chi connectivity index (χ4v) is 1.73. The number of nitrogens with one attached hydrogen (secondary N) is 3. The van der Waals surface area contributed by atoms with Crippen LogP contribution in [0.5, 0.6) is 0 Å². The van der Waals surface area contributed by atoms with Gasteiger partial charge in [-0.15, -0.1) is 0 Å². The molecule has 0 amide bonds. The summed E-state index contributed by atoms with van der Waals surface area (Å²) in [5.74, 6) is 0.452. The Kier molecular flexibility index (Phi) is 3.73. The first-order valence-electron chi connectivity index (χ1n) is 4.85. The first kappa shape index (κ1) is 10.0. The van der Waals surface area contributed by atoms with E-state index in [4.69, 9.17) is 16.6 Å². The molecule has 0 aromatic carbocycles. The molecule has 0 aromatic heterocycles. The average molecular weight is 182 g/mol. The highest BCUT2D eigenvalue weighted by Crippen LogP contribution is 2.17. The summed E-state index contributed by atoms with van der Waals surface area (Å²) in [7, 11) is 0. The third-order valence-electron chi connectivity index (χ3n) is 2.35. The normalized spacial score (nSPS) is 18.2. The van der Waals surface area contributed by atoms with Gasteiger partial charge in [0.1, 0.15) is 5.84 Å². The van der Waals surface area contributed by atoms with E-state index in [1.54, 1.807) is 0 Å². The molecule has 1 fully saturated rings.